The lowest BCUT2D eigenvalue weighted by Gasteiger charge is -2.14. The molecule has 0 saturated heterocycles. The van der Waals surface area contributed by atoms with E-state index in [2.05, 4.69) is 0 Å². The van der Waals surface area contributed by atoms with Crippen molar-refractivity contribution in [3.63, 3.8) is 0 Å². The van der Waals surface area contributed by atoms with Gasteiger partial charge in [-0.1, -0.05) is 12.1 Å². The van der Waals surface area contributed by atoms with Crippen molar-refractivity contribution in [3.8, 4) is 5.75 Å². The SMILES string of the molecule is [2H][C@H](c1ccc(OC)cc1)[C@]([2H])(CO)OCC. The minimum atomic E-state index is -1.62. The zero-order valence-corrected chi connectivity index (χ0v) is 9.06. The first kappa shape index (κ1) is 9.19. The van der Waals surface area contributed by atoms with Gasteiger partial charge >= 0.3 is 0 Å². The summed E-state index contributed by atoms with van der Waals surface area (Å²) in [5.74, 6) is 0.692. The lowest BCUT2D eigenvalue weighted by atomic mass is 10.1. The zero-order chi connectivity index (χ0) is 12.9. The van der Waals surface area contributed by atoms with Gasteiger partial charge in [0.2, 0.25) is 0 Å². The molecular formula is C12H18O3. The zero-order valence-electron chi connectivity index (χ0n) is 11.1. The fourth-order valence-corrected chi connectivity index (χ4v) is 1.20. The molecule has 1 rings (SSSR count). The van der Waals surface area contributed by atoms with Crippen molar-refractivity contribution in [2.45, 2.75) is 19.4 Å². The van der Waals surface area contributed by atoms with Gasteiger partial charge in [0.1, 0.15) is 5.75 Å². The largest absolute Gasteiger partial charge is 0.497 e. The van der Waals surface area contributed by atoms with E-state index in [1.807, 2.05) is 0 Å². The molecular weight excluding hydrogens is 192 g/mol. The molecule has 0 radical (unpaired) electrons. The van der Waals surface area contributed by atoms with E-state index >= 15 is 0 Å². The maximum absolute atomic E-state index is 9.19. The average molecular weight is 212 g/mol. The van der Waals surface area contributed by atoms with Crippen LogP contribution in [0.5, 0.6) is 5.75 Å². The van der Waals surface area contributed by atoms with E-state index < -0.39 is 19.1 Å². The van der Waals surface area contributed by atoms with Gasteiger partial charge < -0.3 is 14.6 Å². The number of hydrogen-bond acceptors (Lipinski definition) is 3. The Morgan fingerprint density at radius 3 is 2.60 bits per heavy atom. The molecule has 15 heavy (non-hydrogen) atoms. The molecule has 1 N–H and O–H groups in total. The molecule has 1 aromatic carbocycles. The van der Waals surface area contributed by atoms with Crippen molar-refractivity contribution < 1.29 is 17.3 Å². The third kappa shape index (κ3) is 3.90. The van der Waals surface area contributed by atoms with Gasteiger partial charge in [0, 0.05) is 14.4 Å². The van der Waals surface area contributed by atoms with Gasteiger partial charge in [0.25, 0.3) is 0 Å². The highest BCUT2D eigenvalue weighted by atomic mass is 16.5. The Hall–Kier alpha value is -1.06. The number of hydrogen-bond donors (Lipinski definition) is 1. The Morgan fingerprint density at radius 1 is 1.47 bits per heavy atom. The van der Waals surface area contributed by atoms with Gasteiger partial charge in [0.05, 0.1) is 21.2 Å². The normalized spacial score (nSPS) is 18.6. The molecule has 3 heteroatoms. The second kappa shape index (κ2) is 6.43. The van der Waals surface area contributed by atoms with E-state index in [4.69, 9.17) is 12.2 Å². The first-order valence-electron chi connectivity index (χ1n) is 5.96. The molecule has 1 aromatic rings. The smallest absolute Gasteiger partial charge is 0.118 e. The molecule has 0 bridgehead atoms. The van der Waals surface area contributed by atoms with Crippen LogP contribution in [0.3, 0.4) is 0 Å². The van der Waals surface area contributed by atoms with E-state index in [0.29, 0.717) is 11.3 Å². The van der Waals surface area contributed by atoms with E-state index in [0.717, 1.165) is 0 Å². The second-order valence-electron chi connectivity index (χ2n) is 2.97. The highest BCUT2D eigenvalue weighted by molar-refractivity contribution is 5.27. The minimum absolute atomic E-state index is 0.287. The molecule has 84 valence electrons. The van der Waals surface area contributed by atoms with E-state index in [1.165, 1.54) is 0 Å². The minimum Gasteiger partial charge on any atom is -0.497 e. The van der Waals surface area contributed by atoms with Gasteiger partial charge in [-0.25, -0.2) is 0 Å². The van der Waals surface area contributed by atoms with Crippen molar-refractivity contribution in [2.75, 3.05) is 20.3 Å². The van der Waals surface area contributed by atoms with Crippen LogP contribution >= 0.6 is 0 Å². The molecule has 0 saturated carbocycles. The summed E-state index contributed by atoms with van der Waals surface area (Å²) in [4.78, 5) is 0. The standard InChI is InChI=1S/C12H18O3/c1-3-15-12(9-13)8-10-4-6-11(14-2)7-5-10/h4-7,12-13H,3,8-9H2,1-2H3/t12-/m1/s1/i8D,12D/t8-,12-. The Kier molecular flexibility index (Phi) is 3.94. The predicted octanol–water partition coefficient (Wildman–Crippen LogP) is 1.64. The Bertz CT molecular complexity index is 342. The fraction of sp³-hybridized carbons (Fsp3) is 0.500. The summed E-state index contributed by atoms with van der Waals surface area (Å²) >= 11 is 0. The average Bonchev–Trinajstić information content (AvgIpc) is 2.38. The van der Waals surface area contributed by atoms with Crippen molar-refractivity contribution in [3.05, 3.63) is 29.8 Å². The number of aliphatic hydroxyl groups excluding tert-OH is 1. The highest BCUT2D eigenvalue weighted by Gasteiger charge is 2.07. The van der Waals surface area contributed by atoms with Gasteiger partial charge in [0.15, 0.2) is 0 Å². The topological polar surface area (TPSA) is 38.7 Å². The molecule has 3 nitrogen and oxygen atoms in total. The quantitative estimate of drug-likeness (QED) is 0.779. The number of aliphatic hydroxyl groups is 1. The molecule has 0 aromatic heterocycles. The molecule has 0 aliphatic carbocycles. The van der Waals surface area contributed by atoms with E-state index in [-0.39, 0.29) is 6.61 Å². The third-order valence-corrected chi connectivity index (χ3v) is 1.93. The van der Waals surface area contributed by atoms with Crippen LogP contribution in [0, 0.1) is 0 Å². The molecule has 0 aliphatic heterocycles. The van der Waals surface area contributed by atoms with Crippen molar-refractivity contribution in [1.29, 1.82) is 0 Å². The van der Waals surface area contributed by atoms with Crippen molar-refractivity contribution >= 4 is 0 Å². The molecule has 0 amide bonds. The number of benzene rings is 1. The van der Waals surface area contributed by atoms with Gasteiger partial charge in [-0.3, -0.25) is 0 Å². The molecule has 0 heterocycles. The maximum Gasteiger partial charge on any atom is 0.118 e. The first-order valence-corrected chi connectivity index (χ1v) is 4.88. The number of ether oxygens (including phenoxy) is 2. The fourth-order valence-electron chi connectivity index (χ4n) is 1.20. The van der Waals surface area contributed by atoms with Gasteiger partial charge in [-0.05, 0) is 24.6 Å². The van der Waals surface area contributed by atoms with Crippen LogP contribution in [0.1, 0.15) is 15.2 Å². The lowest BCUT2D eigenvalue weighted by Crippen LogP contribution is -2.20. The highest BCUT2D eigenvalue weighted by Crippen LogP contribution is 2.13. The number of rotatable bonds is 6. The molecule has 2 atom stereocenters. The maximum atomic E-state index is 9.19. The molecule has 0 unspecified atom stereocenters. The van der Waals surface area contributed by atoms with Crippen LogP contribution in [0.2, 0.25) is 0 Å². The van der Waals surface area contributed by atoms with Crippen LogP contribution in [-0.4, -0.2) is 31.5 Å². The monoisotopic (exact) mass is 212 g/mol. The summed E-state index contributed by atoms with van der Waals surface area (Å²) in [6.45, 7) is 1.51. The summed E-state index contributed by atoms with van der Waals surface area (Å²) in [5, 5.41) is 9.19. The van der Waals surface area contributed by atoms with E-state index in [1.54, 1.807) is 38.3 Å². The van der Waals surface area contributed by atoms with Crippen molar-refractivity contribution in [1.82, 2.24) is 0 Å². The summed E-state index contributed by atoms with van der Waals surface area (Å²) in [6, 6.07) is 6.85. The summed E-state index contributed by atoms with van der Waals surface area (Å²) in [7, 11) is 1.57. The van der Waals surface area contributed by atoms with E-state index in [9.17, 15) is 5.11 Å². The van der Waals surface area contributed by atoms with Crippen LogP contribution in [0.4, 0.5) is 0 Å². The molecule has 0 aliphatic rings. The van der Waals surface area contributed by atoms with Gasteiger partial charge in [-0.2, -0.15) is 0 Å². The molecule has 0 spiro atoms. The van der Waals surface area contributed by atoms with Crippen LogP contribution < -0.4 is 4.74 Å². The summed E-state index contributed by atoms with van der Waals surface area (Å²) in [6.07, 6.45) is -2.58. The van der Waals surface area contributed by atoms with Crippen LogP contribution in [0.25, 0.3) is 0 Å². The second-order valence-corrected chi connectivity index (χ2v) is 2.97. The predicted molar refractivity (Wildman–Crippen MR) is 59.2 cm³/mol. The van der Waals surface area contributed by atoms with Crippen LogP contribution in [-0.2, 0) is 11.1 Å². The lowest BCUT2D eigenvalue weighted by molar-refractivity contribution is 0.0207. The van der Waals surface area contributed by atoms with Crippen molar-refractivity contribution in [2.24, 2.45) is 0 Å². The molecule has 0 fully saturated rings. The number of methoxy groups -OCH3 is 1. The Morgan fingerprint density at radius 2 is 2.13 bits per heavy atom. The Balaban J connectivity index is 2.89. The Labute approximate surface area is 93.5 Å². The first-order chi connectivity index (χ1) is 8.07. The van der Waals surface area contributed by atoms with Crippen LogP contribution in [0.15, 0.2) is 24.3 Å². The summed E-state index contributed by atoms with van der Waals surface area (Å²) < 4.78 is 26.1. The summed E-state index contributed by atoms with van der Waals surface area (Å²) in [5.41, 5.74) is 0.614. The third-order valence-electron chi connectivity index (χ3n) is 1.93. The van der Waals surface area contributed by atoms with Gasteiger partial charge in [-0.15, -0.1) is 0 Å².